The molecule has 0 N–H and O–H groups in total. The molecule has 92 valence electrons. The zero-order chi connectivity index (χ0) is 13.2. The number of esters is 1. The number of halogens is 1. The number of methoxy groups -OCH3 is 1. The van der Waals surface area contributed by atoms with Crippen LogP contribution in [0.5, 0.6) is 0 Å². The smallest absolute Gasteiger partial charge is 0.315 e. The van der Waals surface area contributed by atoms with Crippen LogP contribution >= 0.6 is 0 Å². The van der Waals surface area contributed by atoms with Crippen molar-refractivity contribution in [3.05, 3.63) is 39.7 Å². The number of nitro groups is 1. The molecule has 0 aliphatic carbocycles. The second-order valence-corrected chi connectivity index (χ2v) is 4.04. The molecule has 0 atom stereocenters. The Morgan fingerprint density at radius 2 is 2.06 bits per heavy atom. The molecule has 6 heteroatoms. The van der Waals surface area contributed by atoms with Gasteiger partial charge < -0.3 is 4.74 Å². The summed E-state index contributed by atoms with van der Waals surface area (Å²) in [7, 11) is 1.23. The molecule has 0 saturated heterocycles. The van der Waals surface area contributed by atoms with Gasteiger partial charge in [0.2, 0.25) is 5.82 Å². The maximum absolute atomic E-state index is 13.4. The van der Waals surface area contributed by atoms with Crippen LogP contribution in [0, 0.1) is 15.9 Å². The highest BCUT2D eigenvalue weighted by Gasteiger charge is 2.32. The fraction of sp³-hybridized carbons (Fsp3) is 0.364. The minimum atomic E-state index is -1.05. The number of carbonyl (C=O) groups is 1. The van der Waals surface area contributed by atoms with E-state index < -0.39 is 27.8 Å². The predicted octanol–water partition coefficient (Wildman–Crippen LogP) is 2.18. The third-order valence-corrected chi connectivity index (χ3v) is 2.56. The van der Waals surface area contributed by atoms with Crippen LogP contribution in [0.1, 0.15) is 19.4 Å². The fourth-order valence-corrected chi connectivity index (χ4v) is 1.42. The maximum Gasteiger partial charge on any atom is 0.315 e. The molecule has 0 radical (unpaired) electrons. The van der Waals surface area contributed by atoms with Gasteiger partial charge in [-0.1, -0.05) is 6.07 Å². The number of rotatable bonds is 3. The van der Waals surface area contributed by atoms with Gasteiger partial charge in [0.25, 0.3) is 0 Å². The summed E-state index contributed by atoms with van der Waals surface area (Å²) >= 11 is 0. The van der Waals surface area contributed by atoms with Crippen molar-refractivity contribution in [2.24, 2.45) is 0 Å². The first kappa shape index (κ1) is 13.1. The Balaban J connectivity index is 3.22. The van der Waals surface area contributed by atoms with Crippen molar-refractivity contribution in [3.63, 3.8) is 0 Å². The normalized spacial score (nSPS) is 11.1. The van der Waals surface area contributed by atoms with Gasteiger partial charge in [0, 0.05) is 6.07 Å². The van der Waals surface area contributed by atoms with Crippen molar-refractivity contribution >= 4 is 11.7 Å². The van der Waals surface area contributed by atoms with Crippen LogP contribution in [0.25, 0.3) is 0 Å². The van der Waals surface area contributed by atoms with E-state index in [9.17, 15) is 19.3 Å². The summed E-state index contributed by atoms with van der Waals surface area (Å²) in [5, 5.41) is 10.4. The molecule has 0 saturated carbocycles. The van der Waals surface area contributed by atoms with E-state index in [1.165, 1.54) is 13.2 Å². The highest BCUT2D eigenvalue weighted by Crippen LogP contribution is 2.28. The summed E-state index contributed by atoms with van der Waals surface area (Å²) in [5.41, 5.74) is -1.34. The Bertz CT molecular complexity index is 471. The first-order chi connectivity index (χ1) is 7.80. The standard InChI is InChI=1S/C11H12FNO4/c1-11(2,10(14)17-3)7-4-5-9(13(15)16)8(12)6-7/h4-6H,1-3H3. The molecule has 0 bridgehead atoms. The third kappa shape index (κ3) is 2.41. The van der Waals surface area contributed by atoms with Crippen LogP contribution in [-0.4, -0.2) is 18.0 Å². The summed E-state index contributed by atoms with van der Waals surface area (Å²) in [4.78, 5) is 21.1. The summed E-state index contributed by atoms with van der Waals surface area (Å²) < 4.78 is 18.0. The average Bonchev–Trinajstić information content (AvgIpc) is 2.27. The van der Waals surface area contributed by atoms with E-state index >= 15 is 0 Å². The van der Waals surface area contributed by atoms with Gasteiger partial charge in [-0.25, -0.2) is 0 Å². The lowest BCUT2D eigenvalue weighted by Crippen LogP contribution is -2.30. The number of nitro benzene ring substituents is 1. The first-order valence-electron chi connectivity index (χ1n) is 4.83. The van der Waals surface area contributed by atoms with E-state index in [0.29, 0.717) is 5.56 Å². The molecule has 0 spiro atoms. The van der Waals surface area contributed by atoms with Crippen molar-refractivity contribution in [2.75, 3.05) is 7.11 Å². The number of hydrogen-bond acceptors (Lipinski definition) is 4. The fourth-order valence-electron chi connectivity index (χ4n) is 1.42. The molecule has 1 aromatic carbocycles. The van der Waals surface area contributed by atoms with Gasteiger partial charge in [-0.3, -0.25) is 14.9 Å². The van der Waals surface area contributed by atoms with Gasteiger partial charge in [0.05, 0.1) is 17.4 Å². The molecule has 0 fully saturated rings. The monoisotopic (exact) mass is 241 g/mol. The minimum Gasteiger partial charge on any atom is -0.468 e. The first-order valence-corrected chi connectivity index (χ1v) is 4.83. The van der Waals surface area contributed by atoms with E-state index in [1.54, 1.807) is 13.8 Å². The second-order valence-electron chi connectivity index (χ2n) is 4.04. The molecule has 0 unspecified atom stereocenters. The molecule has 0 amide bonds. The van der Waals surface area contributed by atoms with E-state index in [-0.39, 0.29) is 0 Å². The van der Waals surface area contributed by atoms with Gasteiger partial charge in [0.1, 0.15) is 0 Å². The van der Waals surface area contributed by atoms with Crippen LogP contribution in [-0.2, 0) is 14.9 Å². The van der Waals surface area contributed by atoms with Crippen LogP contribution in [0.3, 0.4) is 0 Å². The number of benzene rings is 1. The molecule has 0 aliphatic rings. The molecule has 5 nitrogen and oxygen atoms in total. The molecule has 0 aliphatic heterocycles. The Morgan fingerprint density at radius 1 is 1.47 bits per heavy atom. The van der Waals surface area contributed by atoms with E-state index in [0.717, 1.165) is 12.1 Å². The van der Waals surface area contributed by atoms with Crippen molar-refractivity contribution in [3.8, 4) is 0 Å². The summed E-state index contributed by atoms with van der Waals surface area (Å²) in [6.45, 7) is 3.11. The molecule has 0 heterocycles. The summed E-state index contributed by atoms with van der Waals surface area (Å²) in [6.07, 6.45) is 0. The highest BCUT2D eigenvalue weighted by atomic mass is 19.1. The summed E-state index contributed by atoms with van der Waals surface area (Å²) in [6, 6.07) is 3.36. The molecular weight excluding hydrogens is 229 g/mol. The van der Waals surface area contributed by atoms with Crippen molar-refractivity contribution in [1.29, 1.82) is 0 Å². The zero-order valence-electron chi connectivity index (χ0n) is 9.69. The van der Waals surface area contributed by atoms with Gasteiger partial charge >= 0.3 is 11.7 Å². The van der Waals surface area contributed by atoms with Crippen LogP contribution in [0.15, 0.2) is 18.2 Å². The topological polar surface area (TPSA) is 69.4 Å². The van der Waals surface area contributed by atoms with E-state index in [2.05, 4.69) is 4.74 Å². The van der Waals surface area contributed by atoms with Gasteiger partial charge in [-0.15, -0.1) is 0 Å². The highest BCUT2D eigenvalue weighted by molar-refractivity contribution is 5.82. The molecule has 1 aromatic rings. The second kappa shape index (κ2) is 4.48. The SMILES string of the molecule is COC(=O)C(C)(C)c1ccc([N+](=O)[O-])c(F)c1. The number of ether oxygens (including phenoxy) is 1. The number of carbonyl (C=O) groups excluding carboxylic acids is 1. The largest absolute Gasteiger partial charge is 0.468 e. The number of hydrogen-bond donors (Lipinski definition) is 0. The summed E-state index contributed by atoms with van der Waals surface area (Å²) in [5.74, 6) is -1.50. The predicted molar refractivity (Wildman–Crippen MR) is 58.1 cm³/mol. The lowest BCUT2D eigenvalue weighted by atomic mass is 9.84. The number of nitrogens with zero attached hydrogens (tertiary/aromatic N) is 1. The maximum atomic E-state index is 13.4. The van der Waals surface area contributed by atoms with E-state index in [4.69, 9.17) is 0 Å². The van der Waals surface area contributed by atoms with E-state index in [1.807, 2.05) is 0 Å². The minimum absolute atomic E-state index is 0.326. The van der Waals surface area contributed by atoms with Crippen LogP contribution in [0.4, 0.5) is 10.1 Å². The van der Waals surface area contributed by atoms with Crippen molar-refractivity contribution < 1.29 is 18.8 Å². The van der Waals surface area contributed by atoms with Gasteiger partial charge in [0.15, 0.2) is 0 Å². The molecule has 1 rings (SSSR count). The Kier molecular flexibility index (Phi) is 3.45. The zero-order valence-corrected chi connectivity index (χ0v) is 9.69. The molecule has 17 heavy (non-hydrogen) atoms. The Labute approximate surface area is 97.3 Å². The molecular formula is C11H12FNO4. The van der Waals surface area contributed by atoms with Gasteiger partial charge in [-0.05, 0) is 25.5 Å². The Morgan fingerprint density at radius 3 is 2.47 bits per heavy atom. The van der Waals surface area contributed by atoms with Crippen molar-refractivity contribution in [2.45, 2.75) is 19.3 Å². The lowest BCUT2D eigenvalue weighted by molar-refractivity contribution is -0.387. The molecule has 0 aromatic heterocycles. The lowest BCUT2D eigenvalue weighted by Gasteiger charge is -2.21. The van der Waals surface area contributed by atoms with Crippen molar-refractivity contribution in [1.82, 2.24) is 0 Å². The third-order valence-electron chi connectivity index (χ3n) is 2.56. The van der Waals surface area contributed by atoms with Crippen LogP contribution in [0.2, 0.25) is 0 Å². The van der Waals surface area contributed by atoms with Crippen LogP contribution < -0.4 is 0 Å². The average molecular weight is 241 g/mol. The quantitative estimate of drug-likeness (QED) is 0.462. The Hall–Kier alpha value is -1.98. The van der Waals surface area contributed by atoms with Gasteiger partial charge in [-0.2, -0.15) is 4.39 Å².